The summed E-state index contributed by atoms with van der Waals surface area (Å²) in [4.78, 5) is 33.9. The van der Waals surface area contributed by atoms with E-state index in [2.05, 4.69) is 9.97 Å². The molecule has 0 atom stereocenters. The number of fused-ring (bicyclic) bond motifs is 2. The van der Waals surface area contributed by atoms with E-state index in [9.17, 15) is 9.59 Å². The lowest BCUT2D eigenvalue weighted by Crippen LogP contribution is -2.30. The second kappa shape index (κ2) is 9.22. The number of rotatable bonds is 5. The van der Waals surface area contributed by atoms with E-state index in [1.807, 2.05) is 25.1 Å². The highest BCUT2D eigenvalue weighted by atomic mass is 35.5. The first-order valence-corrected chi connectivity index (χ1v) is 10.5. The Kier molecular flexibility index (Phi) is 6.23. The number of ether oxygens (including phenoxy) is 2. The number of nitrogens with one attached hydrogen (secondary N) is 1. The Morgan fingerprint density at radius 3 is 2.81 bits per heavy atom. The molecule has 1 aliphatic rings. The molecule has 0 spiro atoms. The van der Waals surface area contributed by atoms with E-state index in [-0.39, 0.29) is 18.0 Å². The second-order valence-corrected chi connectivity index (χ2v) is 7.55. The standard InChI is InChI=1S/C23H22ClN3O4/c1-2-27(14-21-25-18-13-16(24)6-7-17(18)23(29)26-21)22(28)9-5-15-4-8-19-20(12-15)31-11-3-10-30-19/h4-9,12-13H,2-3,10-11,14H2,1H3,(H,25,26,29). The van der Waals surface area contributed by atoms with Crippen LogP contribution in [0.3, 0.4) is 0 Å². The molecular weight excluding hydrogens is 418 g/mol. The number of aromatic amines is 1. The van der Waals surface area contributed by atoms with Crippen molar-refractivity contribution >= 4 is 34.5 Å². The number of amides is 1. The highest BCUT2D eigenvalue weighted by molar-refractivity contribution is 6.31. The van der Waals surface area contributed by atoms with Gasteiger partial charge >= 0.3 is 0 Å². The van der Waals surface area contributed by atoms with E-state index in [4.69, 9.17) is 21.1 Å². The zero-order valence-electron chi connectivity index (χ0n) is 17.1. The summed E-state index contributed by atoms with van der Waals surface area (Å²) >= 11 is 6.02. The van der Waals surface area contributed by atoms with E-state index in [1.165, 1.54) is 6.08 Å². The average molecular weight is 440 g/mol. The van der Waals surface area contributed by atoms with Crippen LogP contribution in [0.15, 0.2) is 47.3 Å². The zero-order valence-corrected chi connectivity index (χ0v) is 17.8. The second-order valence-electron chi connectivity index (χ2n) is 7.12. The van der Waals surface area contributed by atoms with Gasteiger partial charge < -0.3 is 19.4 Å². The van der Waals surface area contributed by atoms with Gasteiger partial charge in [0.05, 0.1) is 30.7 Å². The Morgan fingerprint density at radius 1 is 1.19 bits per heavy atom. The fraction of sp³-hybridized carbons (Fsp3) is 0.261. The molecule has 1 amide bonds. The van der Waals surface area contributed by atoms with Gasteiger partial charge in [0.2, 0.25) is 5.91 Å². The summed E-state index contributed by atoms with van der Waals surface area (Å²) in [6, 6.07) is 10.5. The molecule has 2 heterocycles. The first-order chi connectivity index (χ1) is 15.0. The molecule has 4 rings (SSSR count). The molecular formula is C23H22ClN3O4. The molecule has 0 unspecified atom stereocenters. The molecule has 0 fully saturated rings. The predicted octanol–water partition coefficient (Wildman–Crippen LogP) is 3.80. The molecule has 1 aliphatic heterocycles. The van der Waals surface area contributed by atoms with Gasteiger partial charge in [-0.3, -0.25) is 9.59 Å². The molecule has 2 aromatic carbocycles. The van der Waals surface area contributed by atoms with Crippen molar-refractivity contribution in [1.82, 2.24) is 14.9 Å². The van der Waals surface area contributed by atoms with Crippen LogP contribution in [0.5, 0.6) is 11.5 Å². The topological polar surface area (TPSA) is 84.5 Å². The minimum absolute atomic E-state index is 0.179. The first kappa shape index (κ1) is 20.9. The number of aromatic nitrogens is 2. The highest BCUT2D eigenvalue weighted by Crippen LogP contribution is 2.30. The number of hydrogen-bond donors (Lipinski definition) is 1. The van der Waals surface area contributed by atoms with Crippen LogP contribution in [-0.4, -0.2) is 40.5 Å². The SMILES string of the molecule is CCN(Cc1nc2cc(Cl)ccc2c(=O)[nH]1)C(=O)C=Cc1ccc2c(c1)OCCCO2. The van der Waals surface area contributed by atoms with E-state index in [0.717, 1.165) is 12.0 Å². The summed E-state index contributed by atoms with van der Waals surface area (Å²) in [5.74, 6) is 1.60. The third-order valence-electron chi connectivity index (χ3n) is 4.94. The fourth-order valence-electron chi connectivity index (χ4n) is 3.32. The minimum Gasteiger partial charge on any atom is -0.490 e. The number of likely N-dealkylation sites (N-methyl/N-ethyl adjacent to an activating group) is 1. The molecule has 0 aliphatic carbocycles. The summed E-state index contributed by atoms with van der Waals surface area (Å²) < 4.78 is 11.3. The van der Waals surface area contributed by atoms with Gasteiger partial charge in [0.1, 0.15) is 5.82 Å². The monoisotopic (exact) mass is 439 g/mol. The number of H-pyrrole nitrogens is 1. The molecule has 0 saturated heterocycles. The van der Waals surface area contributed by atoms with Gasteiger partial charge in [-0.05, 0) is 48.9 Å². The maximum Gasteiger partial charge on any atom is 0.258 e. The highest BCUT2D eigenvalue weighted by Gasteiger charge is 2.13. The summed E-state index contributed by atoms with van der Waals surface area (Å²) in [5.41, 5.74) is 1.07. The van der Waals surface area contributed by atoms with E-state index in [1.54, 1.807) is 29.2 Å². The Hall–Kier alpha value is -3.32. The lowest BCUT2D eigenvalue weighted by molar-refractivity contribution is -0.126. The first-order valence-electron chi connectivity index (χ1n) is 10.1. The van der Waals surface area contributed by atoms with Crippen LogP contribution in [0.2, 0.25) is 5.02 Å². The van der Waals surface area contributed by atoms with Crippen LogP contribution in [-0.2, 0) is 11.3 Å². The van der Waals surface area contributed by atoms with Crippen LogP contribution >= 0.6 is 11.6 Å². The number of carbonyl (C=O) groups is 1. The van der Waals surface area contributed by atoms with Gasteiger partial charge in [-0.2, -0.15) is 0 Å². The van der Waals surface area contributed by atoms with Crippen molar-refractivity contribution in [2.24, 2.45) is 0 Å². The molecule has 1 N–H and O–H groups in total. The van der Waals surface area contributed by atoms with Gasteiger partial charge in [-0.25, -0.2) is 4.98 Å². The van der Waals surface area contributed by atoms with Gasteiger partial charge in [0.25, 0.3) is 5.56 Å². The maximum atomic E-state index is 12.7. The fourth-order valence-corrected chi connectivity index (χ4v) is 3.49. The van der Waals surface area contributed by atoms with E-state index >= 15 is 0 Å². The Balaban J connectivity index is 1.50. The van der Waals surface area contributed by atoms with Gasteiger partial charge in [-0.1, -0.05) is 17.7 Å². The minimum atomic E-state index is -0.261. The predicted molar refractivity (Wildman–Crippen MR) is 120 cm³/mol. The molecule has 31 heavy (non-hydrogen) atoms. The molecule has 0 radical (unpaired) electrons. The number of carbonyl (C=O) groups excluding carboxylic acids is 1. The Labute approximate surface area is 184 Å². The Morgan fingerprint density at radius 2 is 2.00 bits per heavy atom. The van der Waals surface area contributed by atoms with Crippen LogP contribution < -0.4 is 15.0 Å². The molecule has 160 valence electrons. The molecule has 1 aromatic heterocycles. The van der Waals surface area contributed by atoms with Gasteiger partial charge in [0.15, 0.2) is 11.5 Å². The van der Waals surface area contributed by atoms with Crippen molar-refractivity contribution in [3.63, 3.8) is 0 Å². The third kappa shape index (κ3) is 4.88. The average Bonchev–Trinajstić information content (AvgIpc) is 3.00. The quantitative estimate of drug-likeness (QED) is 0.611. The number of nitrogens with zero attached hydrogens (tertiary/aromatic N) is 2. The van der Waals surface area contributed by atoms with Crippen molar-refractivity contribution in [2.75, 3.05) is 19.8 Å². The summed E-state index contributed by atoms with van der Waals surface area (Å²) in [5, 5.41) is 0.954. The van der Waals surface area contributed by atoms with Crippen LogP contribution in [0.1, 0.15) is 24.7 Å². The van der Waals surface area contributed by atoms with Crippen LogP contribution in [0.4, 0.5) is 0 Å². The normalized spacial score (nSPS) is 13.4. The summed E-state index contributed by atoms with van der Waals surface area (Å²) in [6.45, 7) is 3.74. The maximum absolute atomic E-state index is 12.7. The van der Waals surface area contributed by atoms with Crippen molar-refractivity contribution < 1.29 is 14.3 Å². The van der Waals surface area contributed by atoms with Gasteiger partial charge in [0, 0.05) is 24.1 Å². The van der Waals surface area contributed by atoms with Gasteiger partial charge in [-0.15, -0.1) is 0 Å². The van der Waals surface area contributed by atoms with Crippen molar-refractivity contribution in [2.45, 2.75) is 19.9 Å². The van der Waals surface area contributed by atoms with Crippen LogP contribution in [0, 0.1) is 0 Å². The lowest BCUT2D eigenvalue weighted by Gasteiger charge is -2.18. The van der Waals surface area contributed by atoms with Crippen molar-refractivity contribution in [3.8, 4) is 11.5 Å². The molecule has 0 bridgehead atoms. The van der Waals surface area contributed by atoms with E-state index < -0.39 is 0 Å². The molecule has 3 aromatic rings. The zero-order chi connectivity index (χ0) is 21.8. The molecule has 0 saturated carbocycles. The Bertz CT molecular complexity index is 1210. The van der Waals surface area contributed by atoms with E-state index in [0.29, 0.717) is 53.0 Å². The number of benzene rings is 2. The van der Waals surface area contributed by atoms with Crippen molar-refractivity contribution in [1.29, 1.82) is 0 Å². The smallest absolute Gasteiger partial charge is 0.258 e. The number of hydrogen-bond acceptors (Lipinski definition) is 5. The molecule has 7 nitrogen and oxygen atoms in total. The van der Waals surface area contributed by atoms with Crippen molar-refractivity contribution in [3.05, 3.63) is 69.2 Å². The third-order valence-corrected chi connectivity index (χ3v) is 5.18. The lowest BCUT2D eigenvalue weighted by atomic mass is 10.2. The molecule has 8 heteroatoms. The number of halogens is 1. The summed E-state index contributed by atoms with van der Waals surface area (Å²) in [6.07, 6.45) is 4.07. The summed E-state index contributed by atoms with van der Waals surface area (Å²) in [7, 11) is 0. The largest absolute Gasteiger partial charge is 0.490 e. The van der Waals surface area contributed by atoms with Crippen LogP contribution in [0.25, 0.3) is 17.0 Å².